The van der Waals surface area contributed by atoms with Gasteiger partial charge in [0, 0.05) is 6.04 Å². The number of hydrogen-bond donors (Lipinski definition) is 0. The normalized spacial score (nSPS) is 15.7. The van der Waals surface area contributed by atoms with Crippen molar-refractivity contribution in [2.24, 2.45) is 5.10 Å². The zero-order chi connectivity index (χ0) is 18.8. The summed E-state index contributed by atoms with van der Waals surface area (Å²) in [7, 11) is 0. The highest BCUT2D eigenvalue weighted by Gasteiger charge is 2.22. The summed E-state index contributed by atoms with van der Waals surface area (Å²) in [4.78, 5) is 25.6. The molecule has 0 spiro atoms. The molecule has 1 fully saturated rings. The van der Waals surface area contributed by atoms with Crippen LogP contribution in [0.25, 0.3) is 0 Å². The molecule has 138 valence electrons. The number of aromatic nitrogens is 2. The van der Waals surface area contributed by atoms with Crippen LogP contribution in [0.3, 0.4) is 0 Å². The van der Waals surface area contributed by atoms with Crippen molar-refractivity contribution in [3.63, 3.8) is 0 Å². The molecule has 1 heterocycles. The smallest absolute Gasteiger partial charge is 0.268 e. The fourth-order valence-electron chi connectivity index (χ4n) is 3.20. The van der Waals surface area contributed by atoms with Gasteiger partial charge in [0.1, 0.15) is 4.47 Å². The van der Waals surface area contributed by atoms with Gasteiger partial charge in [0.2, 0.25) is 0 Å². The van der Waals surface area contributed by atoms with Gasteiger partial charge >= 0.3 is 5.69 Å². The van der Waals surface area contributed by atoms with E-state index >= 15 is 0 Å². The topological polar surface area (TPSA) is 56.4 Å². The van der Waals surface area contributed by atoms with Crippen molar-refractivity contribution in [3.8, 4) is 0 Å². The Morgan fingerprint density at radius 3 is 2.50 bits per heavy atom. The van der Waals surface area contributed by atoms with Crippen molar-refractivity contribution in [2.75, 3.05) is 0 Å². The molecule has 0 amide bonds. The van der Waals surface area contributed by atoms with Gasteiger partial charge in [-0.3, -0.25) is 9.36 Å². The second-order valence-electron chi connectivity index (χ2n) is 6.38. The lowest BCUT2D eigenvalue weighted by Crippen LogP contribution is -2.43. The minimum Gasteiger partial charge on any atom is -0.268 e. The SMILES string of the molecule is Cc1c(Br)c(=O)n(C2CCCCC2)c(=O)n1/N=C/c1ccc(Cl)c(Cl)c1. The second-order valence-corrected chi connectivity index (χ2v) is 7.99. The number of rotatable bonds is 3. The molecule has 0 N–H and O–H groups in total. The number of benzene rings is 1. The van der Waals surface area contributed by atoms with E-state index in [1.807, 2.05) is 0 Å². The highest BCUT2D eigenvalue weighted by Crippen LogP contribution is 2.26. The van der Waals surface area contributed by atoms with E-state index in [1.54, 1.807) is 25.1 Å². The van der Waals surface area contributed by atoms with E-state index in [9.17, 15) is 9.59 Å². The Kier molecular flexibility index (Phi) is 6.05. The van der Waals surface area contributed by atoms with E-state index in [2.05, 4.69) is 21.0 Å². The van der Waals surface area contributed by atoms with Crippen LogP contribution in [0.2, 0.25) is 10.0 Å². The van der Waals surface area contributed by atoms with Crippen LogP contribution in [0.15, 0.2) is 37.4 Å². The van der Waals surface area contributed by atoms with Gasteiger partial charge in [-0.25, -0.2) is 4.79 Å². The molecule has 1 saturated carbocycles. The summed E-state index contributed by atoms with van der Waals surface area (Å²) in [5, 5.41) is 5.15. The summed E-state index contributed by atoms with van der Waals surface area (Å²) >= 11 is 15.3. The van der Waals surface area contributed by atoms with E-state index in [0.717, 1.165) is 32.1 Å². The maximum Gasteiger partial charge on any atom is 0.352 e. The molecular weight excluding hydrogens is 441 g/mol. The van der Waals surface area contributed by atoms with Crippen molar-refractivity contribution in [1.82, 2.24) is 9.24 Å². The average molecular weight is 459 g/mol. The van der Waals surface area contributed by atoms with Gasteiger partial charge in [-0.1, -0.05) is 48.5 Å². The summed E-state index contributed by atoms with van der Waals surface area (Å²) in [6.45, 7) is 1.68. The predicted molar refractivity (Wildman–Crippen MR) is 109 cm³/mol. The Balaban J connectivity index is 2.07. The predicted octanol–water partition coefficient (Wildman–Crippen LogP) is 4.78. The zero-order valence-corrected chi connectivity index (χ0v) is 17.3. The zero-order valence-electron chi connectivity index (χ0n) is 14.2. The van der Waals surface area contributed by atoms with Crippen LogP contribution in [0.4, 0.5) is 0 Å². The third kappa shape index (κ3) is 3.82. The maximum atomic E-state index is 12.9. The van der Waals surface area contributed by atoms with Crippen LogP contribution >= 0.6 is 39.1 Å². The van der Waals surface area contributed by atoms with Crippen LogP contribution in [0.5, 0.6) is 0 Å². The minimum absolute atomic E-state index is 0.0768. The molecule has 1 aliphatic carbocycles. The van der Waals surface area contributed by atoms with Gasteiger partial charge in [0.15, 0.2) is 0 Å². The lowest BCUT2D eigenvalue weighted by molar-refractivity contribution is 0.329. The van der Waals surface area contributed by atoms with Crippen molar-refractivity contribution in [2.45, 2.75) is 45.1 Å². The molecule has 5 nitrogen and oxygen atoms in total. The fraction of sp³-hybridized carbons (Fsp3) is 0.389. The van der Waals surface area contributed by atoms with E-state index in [4.69, 9.17) is 23.2 Å². The molecule has 2 aromatic rings. The molecule has 1 aromatic heterocycles. The Labute approximate surface area is 169 Å². The molecule has 3 rings (SSSR count). The van der Waals surface area contributed by atoms with Gasteiger partial charge < -0.3 is 0 Å². The van der Waals surface area contributed by atoms with Gasteiger partial charge in [0.05, 0.1) is 22.0 Å². The van der Waals surface area contributed by atoms with Crippen LogP contribution in [0, 0.1) is 6.92 Å². The first kappa shape index (κ1) is 19.4. The van der Waals surface area contributed by atoms with E-state index < -0.39 is 5.69 Å². The molecule has 0 unspecified atom stereocenters. The molecule has 0 radical (unpaired) electrons. The molecule has 8 heteroatoms. The third-order valence-electron chi connectivity index (χ3n) is 4.63. The first-order chi connectivity index (χ1) is 12.4. The lowest BCUT2D eigenvalue weighted by atomic mass is 9.95. The van der Waals surface area contributed by atoms with Gasteiger partial charge in [0.25, 0.3) is 5.56 Å². The summed E-state index contributed by atoms with van der Waals surface area (Å²) in [5.74, 6) is 0. The van der Waals surface area contributed by atoms with Gasteiger partial charge in [-0.05, 0) is 53.4 Å². The summed E-state index contributed by atoms with van der Waals surface area (Å²) in [6.07, 6.45) is 6.38. The van der Waals surface area contributed by atoms with Crippen molar-refractivity contribution < 1.29 is 0 Å². The highest BCUT2D eigenvalue weighted by molar-refractivity contribution is 9.10. The van der Waals surface area contributed by atoms with E-state index in [1.165, 1.54) is 15.5 Å². The molecule has 1 aromatic carbocycles. The Hall–Kier alpha value is -1.37. The number of nitrogens with zero attached hydrogens (tertiary/aromatic N) is 3. The molecule has 0 bridgehead atoms. The first-order valence-corrected chi connectivity index (χ1v) is 9.98. The molecule has 0 saturated heterocycles. The molecular formula is C18H18BrCl2N3O2. The summed E-state index contributed by atoms with van der Waals surface area (Å²) in [5.41, 5.74) is 0.458. The highest BCUT2D eigenvalue weighted by atomic mass is 79.9. The monoisotopic (exact) mass is 457 g/mol. The lowest BCUT2D eigenvalue weighted by Gasteiger charge is -2.24. The average Bonchev–Trinajstić information content (AvgIpc) is 2.64. The van der Waals surface area contributed by atoms with E-state index in [0.29, 0.717) is 25.8 Å². The Bertz CT molecular complexity index is 976. The van der Waals surface area contributed by atoms with Crippen LogP contribution in [-0.2, 0) is 0 Å². The fourth-order valence-corrected chi connectivity index (χ4v) is 3.87. The quantitative estimate of drug-likeness (QED) is 0.621. The molecule has 1 aliphatic rings. The number of halogens is 3. The first-order valence-electron chi connectivity index (χ1n) is 8.43. The Morgan fingerprint density at radius 2 is 1.85 bits per heavy atom. The minimum atomic E-state index is -0.418. The van der Waals surface area contributed by atoms with Crippen LogP contribution < -0.4 is 11.2 Å². The van der Waals surface area contributed by atoms with Crippen molar-refractivity contribution in [1.29, 1.82) is 0 Å². The van der Waals surface area contributed by atoms with Gasteiger partial charge in [-0.2, -0.15) is 9.78 Å². The third-order valence-corrected chi connectivity index (χ3v) is 6.29. The summed E-state index contributed by atoms with van der Waals surface area (Å²) < 4.78 is 2.94. The standard InChI is InChI=1S/C18H18BrCl2N3O2/c1-11-16(19)17(25)23(13-5-3-2-4-6-13)18(26)24(11)22-10-12-7-8-14(20)15(21)9-12/h7-10,13H,2-6H2,1H3/b22-10+. The van der Waals surface area contributed by atoms with Gasteiger partial charge in [-0.15, -0.1) is 0 Å². The largest absolute Gasteiger partial charge is 0.352 e. The van der Waals surface area contributed by atoms with Crippen LogP contribution in [0.1, 0.15) is 49.4 Å². The molecule has 0 aliphatic heterocycles. The number of hydrogen-bond acceptors (Lipinski definition) is 3. The molecule has 0 atom stereocenters. The van der Waals surface area contributed by atoms with Crippen LogP contribution in [-0.4, -0.2) is 15.5 Å². The van der Waals surface area contributed by atoms with Crippen molar-refractivity contribution in [3.05, 3.63) is 64.8 Å². The molecule has 26 heavy (non-hydrogen) atoms. The van der Waals surface area contributed by atoms with Crippen molar-refractivity contribution >= 4 is 45.3 Å². The Morgan fingerprint density at radius 1 is 1.15 bits per heavy atom. The van der Waals surface area contributed by atoms with E-state index in [-0.39, 0.29) is 11.6 Å². The second kappa shape index (κ2) is 8.11. The maximum absolute atomic E-state index is 12.9. The summed E-state index contributed by atoms with van der Waals surface area (Å²) in [6, 6.07) is 5.01.